The summed E-state index contributed by atoms with van der Waals surface area (Å²) >= 11 is 0. The Bertz CT molecular complexity index is 2640. The van der Waals surface area contributed by atoms with Crippen molar-refractivity contribution >= 4 is 52.0 Å². The van der Waals surface area contributed by atoms with Crippen molar-refractivity contribution in [2.45, 2.75) is 70.1 Å². The molecule has 4 aliphatic rings. The number of amides is 4. The minimum absolute atomic E-state index is 0.0883. The van der Waals surface area contributed by atoms with Gasteiger partial charge in [-0.2, -0.15) is 4.98 Å². The van der Waals surface area contributed by atoms with Crippen molar-refractivity contribution in [2.24, 2.45) is 5.92 Å². The maximum absolute atomic E-state index is 13.4. The Balaban J connectivity index is 0.802. The molecule has 3 N–H and O–H groups in total. The van der Waals surface area contributed by atoms with Gasteiger partial charge in [0.1, 0.15) is 17.0 Å². The zero-order chi connectivity index (χ0) is 42.6. The first kappa shape index (κ1) is 39.9. The quantitative estimate of drug-likeness (QED) is 0.127. The summed E-state index contributed by atoms with van der Waals surface area (Å²) in [7, 11) is 0. The van der Waals surface area contributed by atoms with Crippen LogP contribution in [0.1, 0.15) is 83.8 Å². The molecule has 2 atom stereocenters. The van der Waals surface area contributed by atoms with Gasteiger partial charge in [-0.3, -0.25) is 34.2 Å². The molecular formula is C45H48N10O6. The van der Waals surface area contributed by atoms with Crippen LogP contribution in [0.15, 0.2) is 84.3 Å². The molecule has 3 fully saturated rings. The van der Waals surface area contributed by atoms with E-state index in [1.54, 1.807) is 54.9 Å². The van der Waals surface area contributed by atoms with Gasteiger partial charge in [0.25, 0.3) is 17.4 Å². The van der Waals surface area contributed by atoms with Gasteiger partial charge in [-0.1, -0.05) is 24.3 Å². The number of pyridine rings is 1. The molecule has 61 heavy (non-hydrogen) atoms. The van der Waals surface area contributed by atoms with Crippen molar-refractivity contribution in [3.63, 3.8) is 0 Å². The van der Waals surface area contributed by atoms with Gasteiger partial charge in [0, 0.05) is 43.6 Å². The van der Waals surface area contributed by atoms with Gasteiger partial charge < -0.3 is 20.2 Å². The van der Waals surface area contributed by atoms with Crippen LogP contribution >= 0.6 is 0 Å². The highest BCUT2D eigenvalue weighted by molar-refractivity contribution is 6.23. The monoisotopic (exact) mass is 824 g/mol. The van der Waals surface area contributed by atoms with Crippen LogP contribution < -0.4 is 21.1 Å². The summed E-state index contributed by atoms with van der Waals surface area (Å²) in [6.07, 6.45) is 6.51. The summed E-state index contributed by atoms with van der Waals surface area (Å²) in [5.74, 6) is -0.297. The van der Waals surface area contributed by atoms with Crippen molar-refractivity contribution in [2.75, 3.05) is 42.9 Å². The molecule has 0 radical (unpaired) electrons. The zero-order valence-electron chi connectivity index (χ0n) is 34.2. The highest BCUT2D eigenvalue weighted by atomic mass is 16.3. The third-order valence-corrected chi connectivity index (χ3v) is 12.4. The fourth-order valence-corrected chi connectivity index (χ4v) is 9.14. The lowest BCUT2D eigenvalue weighted by Gasteiger charge is -2.34. The number of allylic oxidation sites excluding steroid dienone is 1. The van der Waals surface area contributed by atoms with E-state index in [1.807, 2.05) is 18.2 Å². The molecule has 0 spiro atoms. The smallest absolute Gasteiger partial charge is 0.278 e. The summed E-state index contributed by atoms with van der Waals surface area (Å²) < 4.78 is 3.14. The van der Waals surface area contributed by atoms with Crippen LogP contribution in [0, 0.1) is 5.92 Å². The average molecular weight is 825 g/mol. The number of aliphatic hydroxyl groups is 1. The molecule has 3 aromatic heterocycles. The third kappa shape index (κ3) is 7.61. The van der Waals surface area contributed by atoms with Gasteiger partial charge in [0.15, 0.2) is 11.5 Å². The van der Waals surface area contributed by atoms with Crippen LogP contribution in [0.25, 0.3) is 16.9 Å². The van der Waals surface area contributed by atoms with Crippen molar-refractivity contribution in [1.29, 1.82) is 0 Å². The average Bonchev–Trinajstić information content (AvgIpc) is 3.90. The van der Waals surface area contributed by atoms with Crippen LogP contribution in [-0.4, -0.2) is 102 Å². The normalized spacial score (nSPS) is 20.1. The number of anilines is 3. The summed E-state index contributed by atoms with van der Waals surface area (Å²) in [6, 6.07) is 18.0. The first-order valence-electron chi connectivity index (χ1n) is 20.9. The summed E-state index contributed by atoms with van der Waals surface area (Å²) in [5, 5.41) is 16.5. The van der Waals surface area contributed by atoms with E-state index in [2.05, 4.69) is 49.1 Å². The predicted molar refractivity (Wildman–Crippen MR) is 228 cm³/mol. The van der Waals surface area contributed by atoms with E-state index in [0.29, 0.717) is 51.5 Å². The van der Waals surface area contributed by atoms with Crippen molar-refractivity contribution in [1.82, 2.24) is 39.4 Å². The maximum atomic E-state index is 13.4. The summed E-state index contributed by atoms with van der Waals surface area (Å²) in [5.41, 5.74) is 2.99. The Morgan fingerprint density at radius 1 is 0.918 bits per heavy atom. The number of carbonyl (C=O) groups excluding carboxylic acids is 4. The van der Waals surface area contributed by atoms with E-state index in [9.17, 15) is 29.1 Å². The topological polar surface area (TPSA) is 188 Å². The molecule has 5 aromatic rings. The van der Waals surface area contributed by atoms with Crippen molar-refractivity contribution < 1.29 is 24.3 Å². The van der Waals surface area contributed by atoms with Crippen LogP contribution in [0.3, 0.4) is 0 Å². The Labute approximate surface area is 351 Å². The molecule has 2 aromatic carbocycles. The molecule has 3 saturated heterocycles. The zero-order valence-corrected chi connectivity index (χ0v) is 34.2. The summed E-state index contributed by atoms with van der Waals surface area (Å²) in [4.78, 5) is 83.8. The second kappa shape index (κ2) is 15.8. The Morgan fingerprint density at radius 2 is 1.69 bits per heavy atom. The standard InChI is InChI=1S/C45H48N10O6/c1-4-19-53-41(58)34-24-46-44(50-39(34)55(53)37-7-5-6-36(48-37)45(2,3)61)47-30-10-8-28(9-11-30)29-17-20-51(21-18-29)25-27-16-22-52(26-27)31-12-13-32-33(23-31)43(60)54(42(32)59)35-14-15-38(56)49-40(35)57/h4-13,23-24,27,29,35,61H,1,14-22,25-26H2,2-3H3,(H,46,47,50)(H,49,56,57)/t27-,35?/m1/s1. The van der Waals surface area contributed by atoms with Crippen molar-refractivity contribution in [3.8, 4) is 5.82 Å². The van der Waals surface area contributed by atoms with Gasteiger partial charge in [-0.15, -0.1) is 6.58 Å². The number of aromatic nitrogens is 5. The SMILES string of the molecule is C=CCn1c(=O)c2cnc(Nc3ccc(C4CCN(C[C@H]5CCN(c6ccc7c(c6)C(=O)N(C6CCC(=O)NC6=O)C7=O)C5)CC4)cc3)nc2n1-c1cccc(C(C)(C)O)n1. The van der Waals surface area contributed by atoms with Gasteiger partial charge in [0.05, 0.1) is 23.4 Å². The van der Waals surface area contributed by atoms with E-state index in [1.165, 1.54) is 16.4 Å². The maximum Gasteiger partial charge on any atom is 0.278 e. The molecule has 0 aliphatic carbocycles. The fraction of sp³-hybridized carbons (Fsp3) is 0.378. The number of hydrogen-bond donors (Lipinski definition) is 3. The van der Waals surface area contributed by atoms with Gasteiger partial charge in [-0.05, 0) is 112 Å². The Morgan fingerprint density at radius 3 is 2.43 bits per heavy atom. The number of rotatable bonds is 11. The van der Waals surface area contributed by atoms with Crippen LogP contribution in [0.4, 0.5) is 17.3 Å². The van der Waals surface area contributed by atoms with Crippen LogP contribution in [0.2, 0.25) is 0 Å². The van der Waals surface area contributed by atoms with E-state index in [0.717, 1.165) is 68.3 Å². The molecule has 4 aliphatic heterocycles. The number of hydrogen-bond acceptors (Lipinski definition) is 12. The lowest BCUT2D eigenvalue weighted by Crippen LogP contribution is -2.54. The predicted octanol–water partition coefficient (Wildman–Crippen LogP) is 4.24. The Kier molecular flexibility index (Phi) is 10.4. The molecule has 9 rings (SSSR count). The summed E-state index contributed by atoms with van der Waals surface area (Å²) in [6.45, 7) is 12.1. The number of fused-ring (bicyclic) bond motifs is 2. The molecule has 0 bridgehead atoms. The number of likely N-dealkylation sites (tertiary alicyclic amines) is 1. The molecular weight excluding hydrogens is 777 g/mol. The largest absolute Gasteiger partial charge is 0.384 e. The molecule has 16 nitrogen and oxygen atoms in total. The van der Waals surface area contributed by atoms with Crippen LogP contribution in [0.5, 0.6) is 0 Å². The number of nitrogens with zero attached hydrogens (tertiary/aromatic N) is 8. The van der Waals surface area contributed by atoms with E-state index in [-0.39, 0.29) is 24.9 Å². The highest BCUT2D eigenvalue weighted by Gasteiger charge is 2.45. The van der Waals surface area contributed by atoms with Crippen LogP contribution in [-0.2, 0) is 21.7 Å². The highest BCUT2D eigenvalue weighted by Crippen LogP contribution is 2.34. The van der Waals surface area contributed by atoms with Gasteiger partial charge in [-0.25, -0.2) is 19.3 Å². The Hall–Kier alpha value is -6.52. The molecule has 1 unspecified atom stereocenters. The molecule has 4 amide bonds. The van der Waals surface area contributed by atoms with Gasteiger partial charge in [0.2, 0.25) is 17.8 Å². The minimum Gasteiger partial charge on any atom is -0.384 e. The second-order valence-corrected chi connectivity index (χ2v) is 17.0. The van der Waals surface area contributed by atoms with E-state index >= 15 is 0 Å². The number of nitrogens with one attached hydrogen (secondary N) is 2. The molecule has 7 heterocycles. The van der Waals surface area contributed by atoms with Gasteiger partial charge >= 0.3 is 0 Å². The first-order chi connectivity index (χ1) is 29.4. The number of carbonyl (C=O) groups is 4. The molecule has 16 heteroatoms. The first-order valence-corrected chi connectivity index (χ1v) is 20.9. The molecule has 314 valence electrons. The van der Waals surface area contributed by atoms with E-state index < -0.39 is 35.3 Å². The number of imide groups is 2. The number of piperidine rings is 2. The minimum atomic E-state index is -1.18. The molecule has 0 saturated carbocycles. The second-order valence-electron chi connectivity index (χ2n) is 17.0. The third-order valence-electron chi connectivity index (χ3n) is 12.4. The fourth-order valence-electron chi connectivity index (χ4n) is 9.14. The van der Waals surface area contributed by atoms with Crippen molar-refractivity contribution in [3.05, 3.63) is 112 Å². The number of benzene rings is 2. The lowest BCUT2D eigenvalue weighted by atomic mass is 9.89. The lowest BCUT2D eigenvalue weighted by molar-refractivity contribution is -0.136. The van der Waals surface area contributed by atoms with E-state index in [4.69, 9.17) is 4.98 Å².